The van der Waals surface area contributed by atoms with Crippen LogP contribution < -0.4 is 0 Å². The van der Waals surface area contributed by atoms with Crippen molar-refractivity contribution in [2.24, 2.45) is 0 Å². The van der Waals surface area contributed by atoms with Crippen LogP contribution in [0.15, 0.2) is 224 Å². The van der Waals surface area contributed by atoms with E-state index >= 15 is 0 Å². The summed E-state index contributed by atoms with van der Waals surface area (Å²) in [6.45, 7) is 0. The molecule has 4 aromatic heterocycles. The maximum Gasteiger partial charge on any atom is 0.166 e. The largest absolute Gasteiger partial charge is 0.308 e. The number of para-hydroxylation sites is 1. The zero-order valence-corrected chi connectivity index (χ0v) is 37.2. The van der Waals surface area contributed by atoms with Gasteiger partial charge in [0.1, 0.15) is 0 Å². The molecule has 0 fully saturated rings. The third kappa shape index (κ3) is 6.90. The number of fused-ring (bicyclic) bond motifs is 6. The molecule has 68 heavy (non-hydrogen) atoms. The Morgan fingerprint density at radius 2 is 0.735 bits per heavy atom. The highest BCUT2D eigenvalue weighted by Gasteiger charge is 2.23. The van der Waals surface area contributed by atoms with E-state index in [-0.39, 0.29) is 0 Å². The van der Waals surface area contributed by atoms with Crippen LogP contribution in [-0.4, -0.2) is 34.5 Å². The number of rotatable bonds is 8. The number of hydrogen-bond donors (Lipinski definition) is 0. The molecular weight excluding hydrogens is 851 g/mol. The highest BCUT2D eigenvalue weighted by molar-refractivity contribution is 7.25. The first-order valence-electron chi connectivity index (χ1n) is 22.5. The van der Waals surface area contributed by atoms with Crippen molar-refractivity contribution in [2.45, 2.75) is 0 Å². The molecule has 318 valence electrons. The van der Waals surface area contributed by atoms with Crippen LogP contribution >= 0.6 is 11.3 Å². The summed E-state index contributed by atoms with van der Waals surface area (Å²) < 4.78 is 4.85. The van der Waals surface area contributed by atoms with Crippen LogP contribution in [0.5, 0.6) is 0 Å². The summed E-state index contributed by atoms with van der Waals surface area (Å²) in [4.78, 5) is 31.0. The van der Waals surface area contributed by atoms with Gasteiger partial charge in [-0.3, -0.25) is 0 Å². The van der Waals surface area contributed by atoms with Crippen LogP contribution in [0, 0.1) is 0 Å². The van der Waals surface area contributed by atoms with E-state index in [0.717, 1.165) is 72.0 Å². The van der Waals surface area contributed by atoms with Gasteiger partial charge in [-0.1, -0.05) is 188 Å². The average Bonchev–Trinajstić information content (AvgIpc) is 3.97. The molecule has 9 aromatic carbocycles. The van der Waals surface area contributed by atoms with Crippen molar-refractivity contribution in [1.82, 2.24) is 34.5 Å². The topological polar surface area (TPSA) is 82.3 Å². The molecule has 0 unspecified atom stereocenters. The van der Waals surface area contributed by atoms with Crippen LogP contribution in [-0.2, 0) is 0 Å². The van der Waals surface area contributed by atoms with Crippen molar-refractivity contribution in [3.05, 3.63) is 224 Å². The van der Waals surface area contributed by atoms with Crippen molar-refractivity contribution in [2.75, 3.05) is 0 Å². The van der Waals surface area contributed by atoms with E-state index in [1.54, 1.807) is 0 Å². The molecule has 0 saturated heterocycles. The summed E-state index contributed by atoms with van der Waals surface area (Å²) in [6.07, 6.45) is 0. The van der Waals surface area contributed by atoms with Crippen LogP contribution in [0.2, 0.25) is 0 Å². The summed E-state index contributed by atoms with van der Waals surface area (Å²) in [6, 6.07) is 77.6. The molecule has 8 heteroatoms. The molecule has 13 rings (SSSR count). The standard InChI is InChI=1S/C60H37N7S/c1-5-18-38(19-6-1)55-61-56(39-20-7-2-8-21-39)64-59(63-55)43-32-34-46-45-26-13-15-29-49(45)67(51(46)37-43)50-35-33-42(44-28-17-31-53-54(44)47-27-14-16-30-52(47)68-53)36-48(50)60-65-57(40-22-9-3-10-23-40)62-58(66-60)41-24-11-4-12-25-41/h1-37H. The minimum atomic E-state index is 0.566. The first-order chi connectivity index (χ1) is 33.7. The maximum absolute atomic E-state index is 5.35. The average molecular weight is 888 g/mol. The molecule has 0 amide bonds. The van der Waals surface area contributed by atoms with Crippen molar-refractivity contribution < 1.29 is 0 Å². The first kappa shape index (κ1) is 39.4. The quantitative estimate of drug-likeness (QED) is 0.151. The van der Waals surface area contributed by atoms with Crippen LogP contribution in [0.25, 0.3) is 127 Å². The summed E-state index contributed by atoms with van der Waals surface area (Å²) >= 11 is 1.82. The van der Waals surface area contributed by atoms with E-state index in [0.29, 0.717) is 34.9 Å². The van der Waals surface area contributed by atoms with Gasteiger partial charge in [0.15, 0.2) is 34.9 Å². The Kier molecular flexibility index (Phi) is 9.54. The molecule has 0 aliphatic carbocycles. The van der Waals surface area contributed by atoms with E-state index in [9.17, 15) is 0 Å². The lowest BCUT2D eigenvalue weighted by molar-refractivity contribution is 1.06. The smallest absolute Gasteiger partial charge is 0.166 e. The molecule has 0 atom stereocenters. The van der Waals surface area contributed by atoms with E-state index < -0.39 is 0 Å². The molecule has 0 bridgehead atoms. The predicted molar refractivity (Wildman–Crippen MR) is 278 cm³/mol. The summed E-state index contributed by atoms with van der Waals surface area (Å²) in [7, 11) is 0. The second kappa shape index (κ2) is 16.5. The van der Waals surface area contributed by atoms with Gasteiger partial charge in [-0.15, -0.1) is 11.3 Å². The molecule has 0 aliphatic heterocycles. The summed E-state index contributed by atoms with van der Waals surface area (Å²) in [5.74, 6) is 3.57. The monoisotopic (exact) mass is 887 g/mol. The Labute approximate surface area is 395 Å². The lowest BCUT2D eigenvalue weighted by atomic mass is 9.96. The minimum Gasteiger partial charge on any atom is -0.308 e. The minimum absolute atomic E-state index is 0.566. The number of thiophene rings is 1. The van der Waals surface area contributed by atoms with Gasteiger partial charge in [0, 0.05) is 64.3 Å². The molecule has 0 aliphatic rings. The van der Waals surface area contributed by atoms with Gasteiger partial charge in [0.05, 0.1) is 16.7 Å². The third-order valence-electron chi connectivity index (χ3n) is 12.5. The summed E-state index contributed by atoms with van der Waals surface area (Å²) in [5.41, 5.74) is 10.6. The summed E-state index contributed by atoms with van der Waals surface area (Å²) in [5, 5.41) is 4.70. The Morgan fingerprint density at radius 3 is 1.32 bits per heavy atom. The van der Waals surface area contributed by atoms with Gasteiger partial charge in [-0.25, -0.2) is 29.9 Å². The third-order valence-corrected chi connectivity index (χ3v) is 13.7. The zero-order valence-electron chi connectivity index (χ0n) is 36.4. The molecule has 0 saturated carbocycles. The number of hydrogen-bond acceptors (Lipinski definition) is 7. The lowest BCUT2D eigenvalue weighted by Gasteiger charge is -2.17. The van der Waals surface area contributed by atoms with Crippen molar-refractivity contribution in [3.8, 4) is 85.1 Å². The second-order valence-corrected chi connectivity index (χ2v) is 17.8. The fourth-order valence-electron chi connectivity index (χ4n) is 9.33. The van der Waals surface area contributed by atoms with Crippen molar-refractivity contribution in [1.29, 1.82) is 0 Å². The molecule has 0 spiro atoms. The Bertz CT molecular complexity index is 3900. The van der Waals surface area contributed by atoms with Gasteiger partial charge in [-0.2, -0.15) is 0 Å². The molecule has 13 aromatic rings. The van der Waals surface area contributed by atoms with Crippen LogP contribution in [0.4, 0.5) is 0 Å². The van der Waals surface area contributed by atoms with Gasteiger partial charge in [0.25, 0.3) is 0 Å². The normalized spacial score (nSPS) is 11.5. The van der Waals surface area contributed by atoms with Crippen LogP contribution in [0.1, 0.15) is 0 Å². The lowest BCUT2D eigenvalue weighted by Crippen LogP contribution is -2.04. The van der Waals surface area contributed by atoms with Gasteiger partial charge in [-0.05, 0) is 47.5 Å². The van der Waals surface area contributed by atoms with Crippen molar-refractivity contribution in [3.63, 3.8) is 0 Å². The van der Waals surface area contributed by atoms with Crippen LogP contribution in [0.3, 0.4) is 0 Å². The number of aromatic nitrogens is 7. The fraction of sp³-hybridized carbons (Fsp3) is 0. The fourth-order valence-corrected chi connectivity index (χ4v) is 10.5. The number of nitrogens with zero attached hydrogens (tertiary/aromatic N) is 7. The molecule has 0 radical (unpaired) electrons. The maximum atomic E-state index is 5.35. The Hall–Kier alpha value is -8.98. The van der Waals surface area contributed by atoms with E-state index in [1.807, 2.05) is 108 Å². The Balaban J connectivity index is 1.09. The molecule has 7 nitrogen and oxygen atoms in total. The van der Waals surface area contributed by atoms with E-state index in [2.05, 4.69) is 132 Å². The number of benzene rings is 9. The molecule has 0 N–H and O–H groups in total. The molecular formula is C60H37N7S. The zero-order chi connectivity index (χ0) is 45.0. The second-order valence-electron chi connectivity index (χ2n) is 16.7. The SMILES string of the molecule is c1ccc(-c2nc(-c3ccccc3)nc(-c3ccc4c5ccccc5n(-c5ccc(-c6cccc7sc8ccccc8c67)cc5-c5nc(-c6ccccc6)nc(-c6ccccc6)n5)c4c3)n2)cc1. The highest BCUT2D eigenvalue weighted by atomic mass is 32.1. The predicted octanol–water partition coefficient (Wildman–Crippen LogP) is 15.2. The molecule has 4 heterocycles. The van der Waals surface area contributed by atoms with E-state index in [4.69, 9.17) is 29.9 Å². The van der Waals surface area contributed by atoms with Gasteiger partial charge < -0.3 is 4.57 Å². The highest BCUT2D eigenvalue weighted by Crippen LogP contribution is 2.43. The van der Waals surface area contributed by atoms with Crippen molar-refractivity contribution >= 4 is 53.3 Å². The van der Waals surface area contributed by atoms with E-state index in [1.165, 1.54) is 20.2 Å². The van der Waals surface area contributed by atoms with Gasteiger partial charge in [0.2, 0.25) is 0 Å². The van der Waals surface area contributed by atoms with Gasteiger partial charge >= 0.3 is 0 Å². The first-order valence-corrected chi connectivity index (χ1v) is 23.3. The Morgan fingerprint density at radius 1 is 0.279 bits per heavy atom.